The van der Waals surface area contributed by atoms with Crippen molar-refractivity contribution >= 4 is 11.9 Å². The third-order valence-electron chi connectivity index (χ3n) is 4.82. The molecule has 1 aliphatic heterocycles. The Morgan fingerprint density at radius 2 is 1.90 bits per heavy atom. The van der Waals surface area contributed by atoms with E-state index in [0.29, 0.717) is 18.9 Å². The number of amides is 1. The molecular weight excluding hydrogens is 254 g/mol. The van der Waals surface area contributed by atoms with Gasteiger partial charge in [0.05, 0.1) is 5.92 Å². The normalized spacial score (nSPS) is 33.8. The molecule has 2 rings (SSSR count). The van der Waals surface area contributed by atoms with E-state index in [4.69, 9.17) is 5.11 Å². The summed E-state index contributed by atoms with van der Waals surface area (Å²) in [5.74, 6) is -0.286. The van der Waals surface area contributed by atoms with Crippen LogP contribution in [0.15, 0.2) is 0 Å². The van der Waals surface area contributed by atoms with Crippen LogP contribution in [0.1, 0.15) is 52.9 Å². The van der Waals surface area contributed by atoms with Crippen LogP contribution in [0.4, 0.5) is 0 Å². The molecule has 1 amide bonds. The quantitative estimate of drug-likeness (QED) is 0.846. The van der Waals surface area contributed by atoms with Gasteiger partial charge in [-0.1, -0.05) is 20.8 Å². The number of likely N-dealkylation sites (tertiary alicyclic amines) is 1. The van der Waals surface area contributed by atoms with Crippen LogP contribution < -0.4 is 0 Å². The summed E-state index contributed by atoms with van der Waals surface area (Å²) in [4.78, 5) is 25.6. The first-order valence-electron chi connectivity index (χ1n) is 7.80. The van der Waals surface area contributed by atoms with Crippen molar-refractivity contribution in [1.29, 1.82) is 0 Å². The number of carbonyl (C=O) groups is 2. The lowest BCUT2D eigenvalue weighted by Crippen LogP contribution is -2.47. The van der Waals surface area contributed by atoms with E-state index in [1.54, 1.807) is 4.90 Å². The minimum Gasteiger partial charge on any atom is -0.481 e. The molecule has 114 valence electrons. The van der Waals surface area contributed by atoms with Crippen molar-refractivity contribution in [3.05, 3.63) is 0 Å². The molecule has 1 aliphatic carbocycles. The van der Waals surface area contributed by atoms with Gasteiger partial charge in [0.25, 0.3) is 0 Å². The van der Waals surface area contributed by atoms with Crippen LogP contribution in [0.25, 0.3) is 0 Å². The first-order valence-corrected chi connectivity index (χ1v) is 7.80. The molecular formula is C16H27NO3. The van der Waals surface area contributed by atoms with Crippen molar-refractivity contribution in [2.75, 3.05) is 13.1 Å². The number of piperidine rings is 1. The Labute approximate surface area is 121 Å². The Balaban J connectivity index is 2.01. The van der Waals surface area contributed by atoms with Gasteiger partial charge in [-0.25, -0.2) is 0 Å². The topological polar surface area (TPSA) is 57.6 Å². The second-order valence-electron chi connectivity index (χ2n) is 7.57. The molecule has 3 atom stereocenters. The summed E-state index contributed by atoms with van der Waals surface area (Å²) in [6.07, 6.45) is 4.58. The molecule has 0 radical (unpaired) electrons. The fourth-order valence-electron chi connectivity index (χ4n) is 4.17. The zero-order valence-electron chi connectivity index (χ0n) is 12.9. The van der Waals surface area contributed by atoms with Gasteiger partial charge >= 0.3 is 5.97 Å². The average molecular weight is 281 g/mol. The van der Waals surface area contributed by atoms with E-state index in [2.05, 4.69) is 20.8 Å². The van der Waals surface area contributed by atoms with Gasteiger partial charge < -0.3 is 10.0 Å². The summed E-state index contributed by atoms with van der Waals surface area (Å²) in [5, 5.41) is 9.14. The zero-order valence-corrected chi connectivity index (χ0v) is 12.9. The Hall–Kier alpha value is -1.06. The number of hydrogen-bond acceptors (Lipinski definition) is 2. The summed E-state index contributed by atoms with van der Waals surface area (Å²) in [5.41, 5.74) is 0.222. The van der Waals surface area contributed by atoms with E-state index >= 15 is 0 Å². The molecule has 2 aliphatic rings. The standard InChI is InChI=1S/C16H27NO3/c1-11-7-13(9-16(2,3)8-11)14(18)17-6-4-5-12(10-17)15(19)20/h11-13H,4-10H2,1-3H3,(H,19,20). The zero-order chi connectivity index (χ0) is 14.9. The van der Waals surface area contributed by atoms with Crippen LogP contribution in [0.5, 0.6) is 0 Å². The third-order valence-corrected chi connectivity index (χ3v) is 4.82. The van der Waals surface area contributed by atoms with Crippen molar-refractivity contribution in [2.24, 2.45) is 23.2 Å². The number of nitrogens with zero attached hydrogens (tertiary/aromatic N) is 1. The molecule has 20 heavy (non-hydrogen) atoms. The fraction of sp³-hybridized carbons (Fsp3) is 0.875. The molecule has 1 saturated carbocycles. The molecule has 2 fully saturated rings. The van der Waals surface area contributed by atoms with Crippen molar-refractivity contribution in [3.63, 3.8) is 0 Å². The second kappa shape index (κ2) is 5.74. The Morgan fingerprint density at radius 1 is 1.20 bits per heavy atom. The van der Waals surface area contributed by atoms with Gasteiger partial charge in [0.2, 0.25) is 5.91 Å². The van der Waals surface area contributed by atoms with E-state index < -0.39 is 5.97 Å². The van der Waals surface area contributed by atoms with Crippen LogP contribution in [-0.4, -0.2) is 35.0 Å². The lowest BCUT2D eigenvalue weighted by Gasteiger charge is -2.41. The van der Waals surface area contributed by atoms with Crippen LogP contribution in [-0.2, 0) is 9.59 Å². The maximum Gasteiger partial charge on any atom is 0.308 e. The predicted octanol–water partition coefficient (Wildman–Crippen LogP) is 2.77. The van der Waals surface area contributed by atoms with E-state index in [1.807, 2.05) is 0 Å². The molecule has 0 spiro atoms. The third kappa shape index (κ3) is 3.53. The van der Waals surface area contributed by atoms with Crippen molar-refractivity contribution in [2.45, 2.75) is 52.9 Å². The monoisotopic (exact) mass is 281 g/mol. The number of carbonyl (C=O) groups excluding carboxylic acids is 1. The average Bonchev–Trinajstić information content (AvgIpc) is 2.35. The number of carboxylic acids is 1. The highest BCUT2D eigenvalue weighted by molar-refractivity contribution is 5.80. The lowest BCUT2D eigenvalue weighted by atomic mass is 9.67. The van der Waals surface area contributed by atoms with Gasteiger partial charge in [-0.3, -0.25) is 9.59 Å². The molecule has 0 bridgehead atoms. The Kier molecular flexibility index (Phi) is 4.40. The molecule has 4 nitrogen and oxygen atoms in total. The minimum absolute atomic E-state index is 0.0845. The Morgan fingerprint density at radius 3 is 2.50 bits per heavy atom. The molecule has 1 saturated heterocycles. The van der Waals surface area contributed by atoms with E-state index in [9.17, 15) is 9.59 Å². The molecule has 3 unspecified atom stereocenters. The van der Waals surface area contributed by atoms with Gasteiger partial charge in [0.15, 0.2) is 0 Å². The molecule has 4 heteroatoms. The number of rotatable bonds is 2. The minimum atomic E-state index is -0.764. The molecule has 1 N–H and O–H groups in total. The lowest BCUT2D eigenvalue weighted by molar-refractivity contribution is -0.148. The summed E-state index contributed by atoms with van der Waals surface area (Å²) < 4.78 is 0. The van der Waals surface area contributed by atoms with Gasteiger partial charge in [-0.2, -0.15) is 0 Å². The molecule has 0 aromatic carbocycles. The number of hydrogen-bond donors (Lipinski definition) is 1. The molecule has 0 aromatic rings. The summed E-state index contributed by atoms with van der Waals surface area (Å²) in [6.45, 7) is 7.82. The van der Waals surface area contributed by atoms with Crippen LogP contribution in [0.2, 0.25) is 0 Å². The first-order chi connectivity index (χ1) is 9.28. The maximum absolute atomic E-state index is 12.7. The highest BCUT2D eigenvalue weighted by Gasteiger charge is 2.38. The smallest absolute Gasteiger partial charge is 0.308 e. The van der Waals surface area contributed by atoms with E-state index in [0.717, 1.165) is 25.8 Å². The van der Waals surface area contributed by atoms with Gasteiger partial charge in [0.1, 0.15) is 0 Å². The first kappa shape index (κ1) is 15.3. The summed E-state index contributed by atoms with van der Waals surface area (Å²) in [6, 6.07) is 0. The fourth-order valence-corrected chi connectivity index (χ4v) is 4.17. The SMILES string of the molecule is CC1CC(C(=O)N2CCCC(C(=O)O)C2)CC(C)(C)C1. The van der Waals surface area contributed by atoms with Gasteiger partial charge in [-0.15, -0.1) is 0 Å². The second-order valence-corrected chi connectivity index (χ2v) is 7.57. The van der Waals surface area contributed by atoms with E-state index in [1.165, 1.54) is 6.42 Å². The molecule has 0 aromatic heterocycles. The van der Waals surface area contributed by atoms with Gasteiger partial charge in [0, 0.05) is 19.0 Å². The van der Waals surface area contributed by atoms with Crippen molar-refractivity contribution in [1.82, 2.24) is 4.90 Å². The summed E-state index contributed by atoms with van der Waals surface area (Å²) >= 11 is 0. The highest BCUT2D eigenvalue weighted by atomic mass is 16.4. The summed E-state index contributed by atoms with van der Waals surface area (Å²) in [7, 11) is 0. The van der Waals surface area contributed by atoms with Gasteiger partial charge in [-0.05, 0) is 43.4 Å². The largest absolute Gasteiger partial charge is 0.481 e. The predicted molar refractivity (Wildman–Crippen MR) is 77.2 cm³/mol. The van der Waals surface area contributed by atoms with Crippen LogP contribution >= 0.6 is 0 Å². The van der Waals surface area contributed by atoms with Crippen molar-refractivity contribution < 1.29 is 14.7 Å². The molecule has 1 heterocycles. The van der Waals surface area contributed by atoms with Crippen LogP contribution in [0.3, 0.4) is 0 Å². The van der Waals surface area contributed by atoms with Crippen LogP contribution in [0, 0.1) is 23.2 Å². The number of aliphatic carboxylic acids is 1. The Bertz CT molecular complexity index is 391. The van der Waals surface area contributed by atoms with E-state index in [-0.39, 0.29) is 23.2 Å². The highest BCUT2D eigenvalue weighted by Crippen LogP contribution is 2.42. The number of carboxylic acid groups (broad SMARTS) is 1. The maximum atomic E-state index is 12.7. The van der Waals surface area contributed by atoms with Crippen molar-refractivity contribution in [3.8, 4) is 0 Å².